The van der Waals surface area contributed by atoms with E-state index in [0.29, 0.717) is 53.9 Å². The number of nitrogens with one attached hydrogen (secondary N) is 1. The zero-order chi connectivity index (χ0) is 24.1. The fourth-order valence-corrected chi connectivity index (χ4v) is 4.08. The van der Waals surface area contributed by atoms with Crippen molar-refractivity contribution in [1.82, 2.24) is 14.4 Å². The van der Waals surface area contributed by atoms with Crippen molar-refractivity contribution < 1.29 is 19.1 Å². The Morgan fingerprint density at radius 1 is 0.912 bits per heavy atom. The minimum absolute atomic E-state index is 0.0378. The number of piperazine rings is 1. The number of benzene rings is 2. The van der Waals surface area contributed by atoms with Crippen LogP contribution in [0.1, 0.15) is 20.8 Å². The van der Waals surface area contributed by atoms with Gasteiger partial charge in [-0.05, 0) is 42.5 Å². The highest BCUT2D eigenvalue weighted by Gasteiger charge is 2.27. The van der Waals surface area contributed by atoms with E-state index in [2.05, 4.69) is 5.32 Å². The zero-order valence-corrected chi connectivity index (χ0v) is 19.5. The van der Waals surface area contributed by atoms with Crippen molar-refractivity contribution in [3.63, 3.8) is 0 Å². The van der Waals surface area contributed by atoms with Crippen LogP contribution in [0.25, 0.3) is 0 Å². The summed E-state index contributed by atoms with van der Waals surface area (Å²) in [6, 6.07) is 17.5. The molecule has 34 heavy (non-hydrogen) atoms. The summed E-state index contributed by atoms with van der Waals surface area (Å²) in [5.74, 6) is -0.0392. The van der Waals surface area contributed by atoms with E-state index in [1.807, 2.05) is 18.2 Å². The zero-order valence-electron chi connectivity index (χ0n) is 18.7. The quantitative estimate of drug-likeness (QED) is 0.586. The van der Waals surface area contributed by atoms with E-state index in [1.54, 1.807) is 63.0 Å². The lowest BCUT2D eigenvalue weighted by molar-refractivity contribution is -0.116. The second kappa shape index (κ2) is 10.4. The van der Waals surface area contributed by atoms with Crippen LogP contribution in [-0.2, 0) is 11.3 Å². The van der Waals surface area contributed by atoms with Crippen LogP contribution in [0.2, 0.25) is 5.02 Å². The summed E-state index contributed by atoms with van der Waals surface area (Å²) in [6.45, 7) is 1.71. The maximum atomic E-state index is 13.1. The molecular weight excluding hydrogens is 456 g/mol. The van der Waals surface area contributed by atoms with E-state index in [4.69, 9.17) is 16.3 Å². The average Bonchev–Trinajstić information content (AvgIpc) is 3.31. The summed E-state index contributed by atoms with van der Waals surface area (Å²) in [4.78, 5) is 41.9. The maximum absolute atomic E-state index is 13.1. The fraction of sp³-hybridized carbons (Fsp3) is 0.240. The molecule has 9 heteroatoms. The van der Waals surface area contributed by atoms with E-state index in [-0.39, 0.29) is 24.3 Å². The first-order chi connectivity index (χ1) is 16.5. The number of carbonyl (C=O) groups is 3. The Balaban J connectivity index is 1.37. The number of carbonyl (C=O) groups excluding carboxylic acids is 3. The number of halogens is 1. The molecule has 0 bridgehead atoms. The summed E-state index contributed by atoms with van der Waals surface area (Å²) in [5.41, 5.74) is 1.51. The minimum atomic E-state index is -0.316. The van der Waals surface area contributed by atoms with Gasteiger partial charge in [-0.1, -0.05) is 29.8 Å². The largest absolute Gasteiger partial charge is 0.495 e. The van der Waals surface area contributed by atoms with Gasteiger partial charge in [-0.2, -0.15) is 0 Å². The normalized spacial score (nSPS) is 13.5. The summed E-state index contributed by atoms with van der Waals surface area (Å²) in [7, 11) is 1.51. The third kappa shape index (κ3) is 5.23. The molecule has 0 atom stereocenters. The summed E-state index contributed by atoms with van der Waals surface area (Å²) < 4.78 is 6.87. The van der Waals surface area contributed by atoms with E-state index in [1.165, 1.54) is 7.11 Å². The Morgan fingerprint density at radius 3 is 2.26 bits per heavy atom. The van der Waals surface area contributed by atoms with Gasteiger partial charge < -0.3 is 24.4 Å². The van der Waals surface area contributed by atoms with Gasteiger partial charge in [0.2, 0.25) is 5.91 Å². The first-order valence-electron chi connectivity index (χ1n) is 10.9. The van der Waals surface area contributed by atoms with E-state index in [9.17, 15) is 14.4 Å². The van der Waals surface area contributed by atoms with Gasteiger partial charge in [-0.25, -0.2) is 0 Å². The Bertz CT molecular complexity index is 1190. The van der Waals surface area contributed by atoms with Gasteiger partial charge in [0, 0.05) is 43.0 Å². The Morgan fingerprint density at radius 2 is 1.59 bits per heavy atom. The first-order valence-corrected chi connectivity index (χ1v) is 11.3. The molecule has 8 nitrogen and oxygen atoms in total. The van der Waals surface area contributed by atoms with Gasteiger partial charge in [-0.3, -0.25) is 14.4 Å². The molecule has 0 aliphatic carbocycles. The van der Waals surface area contributed by atoms with Crippen molar-refractivity contribution in [2.45, 2.75) is 6.54 Å². The molecule has 3 amide bonds. The van der Waals surface area contributed by atoms with Crippen LogP contribution in [0.5, 0.6) is 5.75 Å². The second-order valence-electron chi connectivity index (χ2n) is 7.86. The second-order valence-corrected chi connectivity index (χ2v) is 8.30. The molecule has 2 heterocycles. The molecule has 1 aliphatic rings. The number of hydrogen-bond donors (Lipinski definition) is 1. The SMILES string of the molecule is COc1ccc(Cl)cc1NC(=O)Cn1cccc1C(=O)N1CCN(C(=O)c2ccccc2)CC1. The fourth-order valence-electron chi connectivity index (χ4n) is 3.91. The number of rotatable bonds is 6. The van der Waals surface area contributed by atoms with Crippen molar-refractivity contribution in [1.29, 1.82) is 0 Å². The van der Waals surface area contributed by atoms with Crippen LogP contribution < -0.4 is 10.1 Å². The molecular formula is C25H25ClN4O4. The van der Waals surface area contributed by atoms with Crippen molar-refractivity contribution in [2.24, 2.45) is 0 Å². The van der Waals surface area contributed by atoms with E-state index in [0.717, 1.165) is 0 Å². The summed E-state index contributed by atoms with van der Waals surface area (Å²) in [6.07, 6.45) is 1.69. The lowest BCUT2D eigenvalue weighted by Crippen LogP contribution is -2.51. The number of methoxy groups -OCH3 is 1. The first kappa shape index (κ1) is 23.4. The van der Waals surface area contributed by atoms with Gasteiger partial charge >= 0.3 is 0 Å². The molecule has 1 fully saturated rings. The van der Waals surface area contributed by atoms with Gasteiger partial charge in [0.15, 0.2) is 0 Å². The maximum Gasteiger partial charge on any atom is 0.270 e. The van der Waals surface area contributed by atoms with Crippen LogP contribution in [0.4, 0.5) is 5.69 Å². The molecule has 1 N–H and O–H groups in total. The van der Waals surface area contributed by atoms with E-state index < -0.39 is 0 Å². The number of anilines is 1. The Kier molecular flexibility index (Phi) is 7.18. The molecule has 176 valence electrons. The van der Waals surface area contributed by atoms with E-state index >= 15 is 0 Å². The minimum Gasteiger partial charge on any atom is -0.495 e. The number of ether oxygens (including phenoxy) is 1. The van der Waals surface area contributed by atoms with Crippen molar-refractivity contribution in [3.8, 4) is 5.75 Å². The number of nitrogens with zero attached hydrogens (tertiary/aromatic N) is 3. The van der Waals surface area contributed by atoms with Gasteiger partial charge in [0.05, 0.1) is 12.8 Å². The van der Waals surface area contributed by atoms with Crippen molar-refractivity contribution in [2.75, 3.05) is 38.6 Å². The molecule has 0 unspecified atom stereocenters. The lowest BCUT2D eigenvalue weighted by atomic mass is 10.2. The molecule has 3 aromatic rings. The summed E-state index contributed by atoms with van der Waals surface area (Å²) in [5, 5.41) is 3.25. The Hall–Kier alpha value is -3.78. The molecule has 1 aliphatic heterocycles. The molecule has 4 rings (SSSR count). The topological polar surface area (TPSA) is 83.9 Å². The number of aromatic nitrogens is 1. The Labute approximate surface area is 202 Å². The van der Waals surface area contributed by atoms with Gasteiger partial charge in [0.25, 0.3) is 11.8 Å². The predicted octanol–water partition coefficient (Wildman–Crippen LogP) is 3.39. The lowest BCUT2D eigenvalue weighted by Gasteiger charge is -2.35. The van der Waals surface area contributed by atoms with Gasteiger partial charge in [0.1, 0.15) is 18.0 Å². The van der Waals surface area contributed by atoms with Crippen molar-refractivity contribution >= 4 is 35.0 Å². The highest BCUT2D eigenvalue weighted by atomic mass is 35.5. The van der Waals surface area contributed by atoms with Crippen LogP contribution in [0.15, 0.2) is 66.9 Å². The molecule has 0 saturated carbocycles. The summed E-state index contributed by atoms with van der Waals surface area (Å²) >= 11 is 6.03. The van der Waals surface area contributed by atoms with Crippen LogP contribution in [0, 0.1) is 0 Å². The highest BCUT2D eigenvalue weighted by Crippen LogP contribution is 2.27. The standard InChI is InChI=1S/C25H25ClN4O4/c1-34-22-10-9-19(26)16-20(22)27-23(31)17-30-11-5-8-21(30)25(33)29-14-12-28(13-15-29)24(32)18-6-3-2-4-7-18/h2-11,16H,12-15,17H2,1H3,(H,27,31). The number of hydrogen-bond acceptors (Lipinski definition) is 4. The molecule has 1 aromatic heterocycles. The molecule has 0 radical (unpaired) electrons. The third-order valence-electron chi connectivity index (χ3n) is 5.67. The van der Waals surface area contributed by atoms with Crippen molar-refractivity contribution in [3.05, 3.63) is 83.1 Å². The van der Waals surface area contributed by atoms with Gasteiger partial charge in [-0.15, -0.1) is 0 Å². The molecule has 0 spiro atoms. The molecule has 2 aromatic carbocycles. The average molecular weight is 481 g/mol. The molecule has 1 saturated heterocycles. The van der Waals surface area contributed by atoms with Crippen LogP contribution >= 0.6 is 11.6 Å². The third-order valence-corrected chi connectivity index (χ3v) is 5.91. The smallest absolute Gasteiger partial charge is 0.270 e. The highest BCUT2D eigenvalue weighted by molar-refractivity contribution is 6.31. The predicted molar refractivity (Wildman–Crippen MR) is 129 cm³/mol. The van der Waals surface area contributed by atoms with Crippen LogP contribution in [-0.4, -0.2) is 65.4 Å². The van der Waals surface area contributed by atoms with Crippen LogP contribution in [0.3, 0.4) is 0 Å². The monoisotopic (exact) mass is 480 g/mol. The number of amides is 3.